The number of piperazine rings is 1. The zero-order valence-corrected chi connectivity index (χ0v) is 17.2. The van der Waals surface area contributed by atoms with Crippen LogP contribution in [0.3, 0.4) is 0 Å². The lowest BCUT2D eigenvalue weighted by Crippen LogP contribution is -2.53. The number of para-hydroxylation sites is 1. The summed E-state index contributed by atoms with van der Waals surface area (Å²) >= 11 is 0. The molecule has 0 atom stereocenters. The zero-order chi connectivity index (χ0) is 20.6. The number of amides is 1. The summed E-state index contributed by atoms with van der Waals surface area (Å²) in [6, 6.07) is 9.20. The van der Waals surface area contributed by atoms with Gasteiger partial charge >= 0.3 is 0 Å². The van der Waals surface area contributed by atoms with Crippen molar-refractivity contribution in [2.75, 3.05) is 46.9 Å². The van der Waals surface area contributed by atoms with Gasteiger partial charge in [0.2, 0.25) is 0 Å². The molecule has 156 valence electrons. The molecule has 1 aliphatic heterocycles. The predicted octanol–water partition coefficient (Wildman–Crippen LogP) is 2.22. The maximum Gasteiger partial charge on any atom is 0.289 e. The van der Waals surface area contributed by atoms with Crippen molar-refractivity contribution >= 4 is 11.9 Å². The number of nitrogens with zero attached hydrogens (tertiary/aromatic N) is 3. The van der Waals surface area contributed by atoms with Gasteiger partial charge in [0.05, 0.1) is 27.0 Å². The molecule has 0 spiro atoms. The van der Waals surface area contributed by atoms with Gasteiger partial charge in [-0.1, -0.05) is 12.1 Å². The molecule has 1 aromatic heterocycles. The van der Waals surface area contributed by atoms with Crippen LogP contribution in [-0.4, -0.2) is 68.6 Å². The first kappa shape index (κ1) is 20.6. The molecule has 2 heterocycles. The van der Waals surface area contributed by atoms with Crippen molar-refractivity contribution in [3.63, 3.8) is 0 Å². The Morgan fingerprint density at radius 2 is 1.86 bits per heavy atom. The number of carbonyl (C=O) groups excluding carboxylic acids is 1. The second kappa shape index (κ2) is 9.86. The number of benzene rings is 1. The van der Waals surface area contributed by atoms with Crippen LogP contribution in [0.1, 0.15) is 23.0 Å². The molecule has 0 saturated carbocycles. The fraction of sp³-hybridized carbons (Fsp3) is 0.429. The maximum atomic E-state index is 12.4. The maximum absolute atomic E-state index is 12.4. The molecule has 0 aliphatic carbocycles. The van der Waals surface area contributed by atoms with Gasteiger partial charge in [-0.25, -0.2) is 4.99 Å². The van der Waals surface area contributed by atoms with E-state index in [1.807, 2.05) is 30.0 Å². The summed E-state index contributed by atoms with van der Waals surface area (Å²) in [6.45, 7) is 5.91. The van der Waals surface area contributed by atoms with E-state index in [1.54, 1.807) is 26.4 Å². The van der Waals surface area contributed by atoms with E-state index in [1.165, 1.54) is 6.26 Å². The number of furan rings is 1. The smallest absolute Gasteiger partial charge is 0.289 e. The lowest BCUT2D eigenvalue weighted by atomic mass is 10.2. The van der Waals surface area contributed by atoms with E-state index >= 15 is 0 Å². The Morgan fingerprint density at radius 3 is 2.48 bits per heavy atom. The number of ether oxygens (including phenoxy) is 2. The highest BCUT2D eigenvalue weighted by molar-refractivity contribution is 5.91. The monoisotopic (exact) mass is 400 g/mol. The summed E-state index contributed by atoms with van der Waals surface area (Å²) in [5.74, 6) is 2.52. The quantitative estimate of drug-likeness (QED) is 0.592. The Labute approximate surface area is 171 Å². The molecule has 29 heavy (non-hydrogen) atoms. The lowest BCUT2D eigenvalue weighted by Gasteiger charge is -2.36. The van der Waals surface area contributed by atoms with E-state index in [9.17, 15) is 4.79 Å². The van der Waals surface area contributed by atoms with Gasteiger partial charge in [0.1, 0.15) is 0 Å². The Kier molecular flexibility index (Phi) is 6.99. The summed E-state index contributed by atoms with van der Waals surface area (Å²) in [7, 11) is 3.25. The first-order chi connectivity index (χ1) is 14.2. The molecule has 8 nitrogen and oxygen atoms in total. The second-order valence-electron chi connectivity index (χ2n) is 6.58. The molecule has 1 aliphatic rings. The molecule has 8 heteroatoms. The number of carbonyl (C=O) groups is 1. The number of methoxy groups -OCH3 is 2. The highest BCUT2D eigenvalue weighted by atomic mass is 16.5. The van der Waals surface area contributed by atoms with Crippen molar-refractivity contribution in [1.82, 2.24) is 15.1 Å². The van der Waals surface area contributed by atoms with Crippen molar-refractivity contribution in [3.8, 4) is 11.5 Å². The van der Waals surface area contributed by atoms with E-state index < -0.39 is 0 Å². The minimum absolute atomic E-state index is 0.0716. The number of aliphatic imine (C=N–C) groups is 1. The van der Waals surface area contributed by atoms with Crippen LogP contribution < -0.4 is 14.8 Å². The Balaban J connectivity index is 1.67. The summed E-state index contributed by atoms with van der Waals surface area (Å²) in [6.07, 6.45) is 1.52. The lowest BCUT2D eigenvalue weighted by molar-refractivity contribution is 0.0657. The summed E-state index contributed by atoms with van der Waals surface area (Å²) in [4.78, 5) is 21.2. The minimum Gasteiger partial charge on any atom is -0.493 e. The SMILES string of the molecule is CCNC(=NCc1cccc(OC)c1OC)N1CCN(C(=O)c2ccco2)CC1. The van der Waals surface area contributed by atoms with Crippen LogP contribution in [0.4, 0.5) is 0 Å². The molecule has 3 rings (SSSR count). The van der Waals surface area contributed by atoms with Gasteiger partial charge in [-0.2, -0.15) is 0 Å². The van der Waals surface area contributed by atoms with Crippen molar-refractivity contribution in [1.29, 1.82) is 0 Å². The second-order valence-corrected chi connectivity index (χ2v) is 6.58. The fourth-order valence-electron chi connectivity index (χ4n) is 3.34. The fourth-order valence-corrected chi connectivity index (χ4v) is 3.34. The normalized spacial score (nSPS) is 14.7. The zero-order valence-electron chi connectivity index (χ0n) is 17.2. The molecule has 1 saturated heterocycles. The number of rotatable bonds is 6. The van der Waals surface area contributed by atoms with Crippen LogP contribution in [0, 0.1) is 0 Å². The minimum atomic E-state index is -0.0716. The summed E-state index contributed by atoms with van der Waals surface area (Å²) in [5, 5.41) is 3.34. The van der Waals surface area contributed by atoms with E-state index in [0.29, 0.717) is 50.0 Å². The average molecular weight is 400 g/mol. The third-order valence-corrected chi connectivity index (χ3v) is 4.82. The molecule has 0 bridgehead atoms. The van der Waals surface area contributed by atoms with Gasteiger partial charge in [0.15, 0.2) is 23.2 Å². The van der Waals surface area contributed by atoms with Crippen LogP contribution in [0.25, 0.3) is 0 Å². The van der Waals surface area contributed by atoms with Crippen LogP contribution in [-0.2, 0) is 6.54 Å². The molecule has 1 amide bonds. The number of guanidine groups is 1. The van der Waals surface area contributed by atoms with E-state index in [-0.39, 0.29) is 5.91 Å². The molecule has 2 aromatic rings. The third-order valence-electron chi connectivity index (χ3n) is 4.82. The van der Waals surface area contributed by atoms with Gasteiger partial charge < -0.3 is 29.0 Å². The van der Waals surface area contributed by atoms with Crippen LogP contribution in [0.15, 0.2) is 46.0 Å². The molecular weight excluding hydrogens is 372 g/mol. The standard InChI is InChI=1S/C21H28N4O4/c1-4-22-21(23-15-16-7-5-8-17(27-2)19(16)28-3)25-12-10-24(11-13-25)20(26)18-9-6-14-29-18/h5-9,14H,4,10-13,15H2,1-3H3,(H,22,23). The van der Waals surface area contributed by atoms with Crippen LogP contribution in [0.5, 0.6) is 11.5 Å². The molecule has 1 N–H and O–H groups in total. The Morgan fingerprint density at radius 1 is 1.10 bits per heavy atom. The topological polar surface area (TPSA) is 79.5 Å². The first-order valence-corrected chi connectivity index (χ1v) is 9.73. The highest BCUT2D eigenvalue weighted by Gasteiger charge is 2.25. The first-order valence-electron chi connectivity index (χ1n) is 9.73. The van der Waals surface area contributed by atoms with Gasteiger partial charge in [0.25, 0.3) is 5.91 Å². The van der Waals surface area contributed by atoms with Crippen molar-refractivity contribution in [2.24, 2.45) is 4.99 Å². The molecular formula is C21H28N4O4. The number of hydrogen-bond acceptors (Lipinski definition) is 5. The van der Waals surface area contributed by atoms with Crippen molar-refractivity contribution < 1.29 is 18.7 Å². The summed E-state index contributed by atoms with van der Waals surface area (Å²) in [5.41, 5.74) is 0.953. The van der Waals surface area contributed by atoms with Crippen LogP contribution >= 0.6 is 0 Å². The van der Waals surface area contributed by atoms with Gasteiger partial charge in [0, 0.05) is 38.3 Å². The Bertz CT molecular complexity index is 827. The summed E-state index contributed by atoms with van der Waals surface area (Å²) < 4.78 is 16.1. The largest absolute Gasteiger partial charge is 0.493 e. The Hall–Kier alpha value is -3.16. The number of hydrogen-bond donors (Lipinski definition) is 1. The van der Waals surface area contributed by atoms with Gasteiger partial charge in [-0.3, -0.25) is 4.79 Å². The molecule has 0 radical (unpaired) electrons. The van der Waals surface area contributed by atoms with Gasteiger partial charge in [-0.05, 0) is 25.1 Å². The van der Waals surface area contributed by atoms with E-state index in [2.05, 4.69) is 10.2 Å². The number of nitrogens with one attached hydrogen (secondary N) is 1. The van der Waals surface area contributed by atoms with Crippen molar-refractivity contribution in [3.05, 3.63) is 47.9 Å². The predicted molar refractivity (Wildman–Crippen MR) is 111 cm³/mol. The average Bonchev–Trinajstić information content (AvgIpc) is 3.30. The van der Waals surface area contributed by atoms with Gasteiger partial charge in [-0.15, -0.1) is 0 Å². The van der Waals surface area contributed by atoms with E-state index in [4.69, 9.17) is 18.9 Å². The van der Waals surface area contributed by atoms with Crippen molar-refractivity contribution in [2.45, 2.75) is 13.5 Å². The molecule has 1 aromatic carbocycles. The third kappa shape index (κ3) is 4.82. The highest BCUT2D eigenvalue weighted by Crippen LogP contribution is 2.31. The molecule has 1 fully saturated rings. The molecule has 0 unspecified atom stereocenters. The van der Waals surface area contributed by atoms with Crippen LogP contribution in [0.2, 0.25) is 0 Å². The van der Waals surface area contributed by atoms with E-state index in [0.717, 1.165) is 18.1 Å².